The van der Waals surface area contributed by atoms with Crippen molar-refractivity contribution in [2.45, 2.75) is 30.2 Å². The highest BCUT2D eigenvalue weighted by Crippen LogP contribution is 2.37. The van der Waals surface area contributed by atoms with Gasteiger partial charge < -0.3 is 9.64 Å². The molecule has 0 fully saturated rings. The normalized spacial score (nSPS) is 17.1. The Bertz CT molecular complexity index is 1150. The molecule has 0 amide bonds. The van der Waals surface area contributed by atoms with E-state index in [9.17, 15) is 8.42 Å². The summed E-state index contributed by atoms with van der Waals surface area (Å²) in [6.07, 6.45) is 5.30. The Balaban J connectivity index is 1.91. The number of fused-ring (bicyclic) bond motifs is 2. The number of likely N-dealkylation sites (N-methyl/N-ethyl adjacent to an activating group) is 1. The van der Waals surface area contributed by atoms with Crippen LogP contribution in [0.25, 0.3) is 11.0 Å². The second-order valence-electron chi connectivity index (χ2n) is 7.24. The number of aromatic nitrogens is 2. The molecule has 6 nitrogen and oxygen atoms in total. The summed E-state index contributed by atoms with van der Waals surface area (Å²) in [4.78, 5) is 6.71. The minimum atomic E-state index is -3.85. The van der Waals surface area contributed by atoms with Gasteiger partial charge in [-0.15, -0.1) is 0 Å². The van der Waals surface area contributed by atoms with Crippen molar-refractivity contribution in [3.8, 4) is 5.75 Å². The van der Waals surface area contributed by atoms with Crippen LogP contribution in [0.3, 0.4) is 0 Å². The van der Waals surface area contributed by atoms with E-state index in [1.165, 1.54) is 10.2 Å². The largest absolute Gasteiger partial charge is 0.496 e. The maximum atomic E-state index is 13.6. The summed E-state index contributed by atoms with van der Waals surface area (Å²) in [6, 6.07) is 7.22. The highest BCUT2D eigenvalue weighted by Gasteiger charge is 2.31. The average molecular weight is 420 g/mol. The zero-order chi connectivity index (χ0) is 20.1. The lowest BCUT2D eigenvalue weighted by molar-refractivity contribution is 0.263. The standard InChI is InChI=1S/C20H22ClN3O3S/c1-23(2)13-6-7-14-16(11-13)18(27-3)8-9-19(14)28(25,26)24-12-17(21)15-5-4-10-22-20(15)24/h4-5,8-10,12-13H,6-7,11H2,1-3H3/t13-/m0/s1. The van der Waals surface area contributed by atoms with E-state index < -0.39 is 10.0 Å². The Morgan fingerprint density at radius 2 is 2.04 bits per heavy atom. The third kappa shape index (κ3) is 2.98. The predicted octanol–water partition coefficient (Wildman–Crippen LogP) is 3.35. The zero-order valence-electron chi connectivity index (χ0n) is 16.0. The molecule has 8 heteroatoms. The maximum Gasteiger partial charge on any atom is 0.269 e. The van der Waals surface area contributed by atoms with Gasteiger partial charge in [-0.05, 0) is 63.2 Å². The number of ether oxygens (including phenoxy) is 1. The molecule has 0 aliphatic heterocycles. The molecule has 0 N–H and O–H groups in total. The van der Waals surface area contributed by atoms with Crippen LogP contribution in [0.4, 0.5) is 0 Å². The lowest BCUT2D eigenvalue weighted by Gasteiger charge is -2.31. The third-order valence-corrected chi connectivity index (χ3v) is 7.52. The van der Waals surface area contributed by atoms with Crippen LogP contribution < -0.4 is 4.74 Å². The minimum Gasteiger partial charge on any atom is -0.496 e. The molecule has 1 aromatic carbocycles. The number of hydrogen-bond acceptors (Lipinski definition) is 5. The van der Waals surface area contributed by atoms with Crippen LogP contribution in [-0.4, -0.2) is 49.5 Å². The van der Waals surface area contributed by atoms with Crippen molar-refractivity contribution >= 4 is 32.7 Å². The summed E-state index contributed by atoms with van der Waals surface area (Å²) in [6.45, 7) is 0. The van der Waals surface area contributed by atoms with Crippen molar-refractivity contribution in [3.05, 3.63) is 52.8 Å². The summed E-state index contributed by atoms with van der Waals surface area (Å²) in [5, 5.41) is 0.976. The molecule has 0 bridgehead atoms. The number of halogens is 1. The summed E-state index contributed by atoms with van der Waals surface area (Å²) in [7, 11) is 1.86. The van der Waals surface area contributed by atoms with Crippen LogP contribution in [-0.2, 0) is 22.9 Å². The van der Waals surface area contributed by atoms with Gasteiger partial charge in [-0.2, -0.15) is 0 Å². The van der Waals surface area contributed by atoms with Crippen molar-refractivity contribution < 1.29 is 13.2 Å². The first-order chi connectivity index (χ1) is 13.3. The first-order valence-corrected chi connectivity index (χ1v) is 10.9. The van der Waals surface area contributed by atoms with Gasteiger partial charge in [0.05, 0.1) is 17.0 Å². The Hall–Kier alpha value is -2.09. The Labute approximate surface area is 169 Å². The average Bonchev–Trinajstić information content (AvgIpc) is 3.04. The molecule has 0 saturated heterocycles. The molecule has 2 heterocycles. The molecule has 3 aromatic rings. The zero-order valence-corrected chi connectivity index (χ0v) is 17.6. The molecule has 2 aromatic heterocycles. The van der Waals surface area contributed by atoms with Crippen LogP contribution in [0.5, 0.6) is 5.75 Å². The molecule has 0 radical (unpaired) electrons. The maximum absolute atomic E-state index is 13.6. The fraction of sp³-hybridized carbons (Fsp3) is 0.350. The van der Waals surface area contributed by atoms with Gasteiger partial charge >= 0.3 is 0 Å². The predicted molar refractivity (Wildman–Crippen MR) is 110 cm³/mol. The highest BCUT2D eigenvalue weighted by atomic mass is 35.5. The van der Waals surface area contributed by atoms with Crippen molar-refractivity contribution in [1.82, 2.24) is 13.9 Å². The number of rotatable bonds is 4. The highest BCUT2D eigenvalue weighted by molar-refractivity contribution is 7.90. The second-order valence-corrected chi connectivity index (χ2v) is 9.43. The van der Waals surface area contributed by atoms with Gasteiger partial charge in [-0.25, -0.2) is 17.4 Å². The fourth-order valence-electron chi connectivity index (χ4n) is 3.95. The molecule has 1 atom stereocenters. The lowest BCUT2D eigenvalue weighted by Crippen LogP contribution is -2.34. The van der Waals surface area contributed by atoms with Crippen molar-refractivity contribution in [2.24, 2.45) is 0 Å². The van der Waals surface area contributed by atoms with E-state index in [1.54, 1.807) is 37.6 Å². The van der Waals surface area contributed by atoms with E-state index in [0.29, 0.717) is 33.4 Å². The summed E-state index contributed by atoms with van der Waals surface area (Å²) in [5.74, 6) is 0.731. The van der Waals surface area contributed by atoms with Gasteiger partial charge in [0.25, 0.3) is 10.0 Å². The molecule has 1 aliphatic rings. The van der Waals surface area contributed by atoms with Crippen LogP contribution in [0.2, 0.25) is 5.02 Å². The molecule has 1 aliphatic carbocycles. The second kappa shape index (κ2) is 7.06. The van der Waals surface area contributed by atoms with E-state index in [2.05, 4.69) is 9.88 Å². The molecular weight excluding hydrogens is 398 g/mol. The van der Waals surface area contributed by atoms with Crippen molar-refractivity contribution in [2.75, 3.05) is 21.2 Å². The Morgan fingerprint density at radius 3 is 2.75 bits per heavy atom. The SMILES string of the molecule is COc1ccc(S(=O)(=O)n2cc(Cl)c3cccnc32)c2c1C[C@@H](N(C)C)CC2. The van der Waals surface area contributed by atoms with E-state index in [1.807, 2.05) is 14.1 Å². The number of hydrogen-bond donors (Lipinski definition) is 0. The lowest BCUT2D eigenvalue weighted by atomic mass is 9.87. The smallest absolute Gasteiger partial charge is 0.269 e. The molecule has 28 heavy (non-hydrogen) atoms. The Morgan fingerprint density at radius 1 is 1.25 bits per heavy atom. The van der Waals surface area contributed by atoms with Crippen LogP contribution in [0.1, 0.15) is 17.5 Å². The van der Waals surface area contributed by atoms with Gasteiger partial charge in [-0.1, -0.05) is 11.6 Å². The summed E-state index contributed by atoms with van der Waals surface area (Å²) >= 11 is 6.27. The molecular formula is C20H22ClN3O3S. The van der Waals surface area contributed by atoms with Gasteiger partial charge in [0.2, 0.25) is 0 Å². The number of benzene rings is 1. The Kier molecular flexibility index (Phi) is 4.85. The van der Waals surface area contributed by atoms with Crippen molar-refractivity contribution in [3.63, 3.8) is 0 Å². The summed E-state index contributed by atoms with van der Waals surface area (Å²) < 4.78 is 33.8. The quantitative estimate of drug-likeness (QED) is 0.648. The number of nitrogens with zero attached hydrogens (tertiary/aromatic N) is 3. The molecule has 148 valence electrons. The van der Waals surface area contributed by atoms with Gasteiger partial charge in [-0.3, -0.25) is 0 Å². The number of methoxy groups -OCH3 is 1. The summed E-state index contributed by atoms with van der Waals surface area (Å²) in [5.41, 5.74) is 2.12. The van der Waals surface area contributed by atoms with Crippen LogP contribution in [0, 0.1) is 0 Å². The van der Waals surface area contributed by atoms with Gasteiger partial charge in [0.1, 0.15) is 5.75 Å². The first kappa shape index (κ1) is 19.2. The monoisotopic (exact) mass is 419 g/mol. The van der Waals surface area contributed by atoms with E-state index >= 15 is 0 Å². The first-order valence-electron chi connectivity index (χ1n) is 9.07. The molecule has 0 saturated carbocycles. The van der Waals surface area contributed by atoms with E-state index in [0.717, 1.165) is 29.7 Å². The van der Waals surface area contributed by atoms with Gasteiger partial charge in [0.15, 0.2) is 5.65 Å². The van der Waals surface area contributed by atoms with Crippen LogP contribution in [0.15, 0.2) is 41.6 Å². The minimum absolute atomic E-state index is 0.291. The van der Waals surface area contributed by atoms with E-state index in [-0.39, 0.29) is 0 Å². The van der Waals surface area contributed by atoms with E-state index in [4.69, 9.17) is 16.3 Å². The molecule has 0 spiro atoms. The molecule has 0 unspecified atom stereocenters. The van der Waals surface area contributed by atoms with Crippen LogP contribution >= 0.6 is 11.6 Å². The van der Waals surface area contributed by atoms with Crippen molar-refractivity contribution in [1.29, 1.82) is 0 Å². The topological polar surface area (TPSA) is 64.4 Å². The number of pyridine rings is 1. The molecule has 4 rings (SSSR count). The fourth-order valence-corrected chi connectivity index (χ4v) is 5.86. The van der Waals surface area contributed by atoms with Gasteiger partial charge in [0, 0.05) is 29.4 Å². The third-order valence-electron chi connectivity index (χ3n) is 5.48.